The van der Waals surface area contributed by atoms with E-state index < -0.39 is 0 Å². The zero-order valence-electron chi connectivity index (χ0n) is 10.2. The molecule has 17 heavy (non-hydrogen) atoms. The number of ketones is 1. The molecule has 0 aliphatic rings. The summed E-state index contributed by atoms with van der Waals surface area (Å²) in [7, 11) is 0. The molecule has 0 radical (unpaired) electrons. The van der Waals surface area contributed by atoms with Gasteiger partial charge in [-0.3, -0.25) is 4.79 Å². The topological polar surface area (TPSA) is 17.1 Å². The van der Waals surface area contributed by atoms with Crippen LogP contribution in [-0.2, 0) is 0 Å². The minimum atomic E-state index is 0.115. The Kier molecular flexibility index (Phi) is 3.38. The highest BCUT2D eigenvalue weighted by molar-refractivity contribution is 5.94. The summed E-state index contributed by atoms with van der Waals surface area (Å²) in [6.07, 6.45) is 0. The molecule has 2 aromatic rings. The van der Waals surface area contributed by atoms with Crippen LogP contribution < -0.4 is 0 Å². The predicted molar refractivity (Wildman–Crippen MR) is 70.4 cm³/mol. The van der Waals surface area contributed by atoms with Crippen LogP contribution >= 0.6 is 0 Å². The molecule has 0 aliphatic carbocycles. The van der Waals surface area contributed by atoms with Crippen molar-refractivity contribution in [3.05, 3.63) is 71.3 Å². The number of carbonyl (C=O) groups is 1. The Morgan fingerprint density at radius 1 is 0.882 bits per heavy atom. The monoisotopic (exact) mass is 224 g/mol. The Balaban J connectivity index is 2.26. The Hall–Kier alpha value is -1.89. The maximum atomic E-state index is 11.2. The quantitative estimate of drug-likeness (QED) is 0.719. The lowest BCUT2D eigenvalue weighted by Gasteiger charge is -2.12. The van der Waals surface area contributed by atoms with Crippen LogP contribution in [0.5, 0.6) is 0 Å². The van der Waals surface area contributed by atoms with Crippen LogP contribution in [0.1, 0.15) is 41.3 Å². The molecule has 1 nitrogen and oxygen atoms in total. The molecule has 0 spiro atoms. The third-order valence-corrected chi connectivity index (χ3v) is 3.12. The van der Waals surface area contributed by atoms with Crippen molar-refractivity contribution in [3.63, 3.8) is 0 Å². The molecular formula is C16H16O. The third-order valence-electron chi connectivity index (χ3n) is 3.12. The van der Waals surface area contributed by atoms with E-state index in [1.165, 1.54) is 11.1 Å². The van der Waals surface area contributed by atoms with Crippen molar-refractivity contribution in [2.24, 2.45) is 0 Å². The lowest BCUT2D eigenvalue weighted by Crippen LogP contribution is -1.97. The van der Waals surface area contributed by atoms with Crippen molar-refractivity contribution in [1.82, 2.24) is 0 Å². The molecule has 0 saturated carbocycles. The van der Waals surface area contributed by atoms with E-state index in [1.807, 2.05) is 30.3 Å². The second-order valence-electron chi connectivity index (χ2n) is 4.31. The second kappa shape index (κ2) is 4.96. The highest BCUT2D eigenvalue weighted by Gasteiger charge is 2.08. The van der Waals surface area contributed by atoms with Crippen molar-refractivity contribution >= 4 is 5.78 Å². The summed E-state index contributed by atoms with van der Waals surface area (Å²) in [5, 5.41) is 0. The SMILES string of the molecule is CC(=O)c1ccc(C(C)c2ccccc2)cc1. The molecule has 0 bridgehead atoms. The van der Waals surface area contributed by atoms with Gasteiger partial charge in [0.1, 0.15) is 0 Å². The molecule has 2 rings (SSSR count). The summed E-state index contributed by atoms with van der Waals surface area (Å²) in [5.74, 6) is 0.473. The molecule has 1 heteroatoms. The van der Waals surface area contributed by atoms with Crippen LogP contribution in [-0.4, -0.2) is 5.78 Å². The molecule has 1 atom stereocenters. The fourth-order valence-electron chi connectivity index (χ4n) is 1.94. The first-order valence-corrected chi connectivity index (χ1v) is 5.84. The average molecular weight is 224 g/mol. The smallest absolute Gasteiger partial charge is 0.159 e. The molecule has 2 aromatic carbocycles. The molecular weight excluding hydrogens is 208 g/mol. The van der Waals surface area contributed by atoms with Crippen molar-refractivity contribution < 1.29 is 4.79 Å². The molecule has 0 N–H and O–H groups in total. The number of benzene rings is 2. The summed E-state index contributed by atoms with van der Waals surface area (Å²) >= 11 is 0. The summed E-state index contributed by atoms with van der Waals surface area (Å²) in [6.45, 7) is 3.77. The van der Waals surface area contributed by atoms with Gasteiger partial charge in [0.15, 0.2) is 5.78 Å². The van der Waals surface area contributed by atoms with Gasteiger partial charge in [0.2, 0.25) is 0 Å². The van der Waals surface area contributed by atoms with Gasteiger partial charge in [0.25, 0.3) is 0 Å². The van der Waals surface area contributed by atoms with Gasteiger partial charge in [-0.1, -0.05) is 61.5 Å². The first kappa shape index (κ1) is 11.6. The second-order valence-corrected chi connectivity index (χ2v) is 4.31. The average Bonchev–Trinajstić information content (AvgIpc) is 2.39. The number of hydrogen-bond acceptors (Lipinski definition) is 1. The minimum Gasteiger partial charge on any atom is -0.295 e. The van der Waals surface area contributed by atoms with Gasteiger partial charge in [-0.05, 0) is 18.1 Å². The fraction of sp³-hybridized carbons (Fsp3) is 0.188. The molecule has 0 fully saturated rings. The summed E-state index contributed by atoms with van der Waals surface area (Å²) in [6, 6.07) is 18.3. The third kappa shape index (κ3) is 2.62. The molecule has 0 saturated heterocycles. The van der Waals surface area contributed by atoms with Crippen LogP contribution in [0.3, 0.4) is 0 Å². The van der Waals surface area contributed by atoms with Crippen molar-refractivity contribution in [2.75, 3.05) is 0 Å². The summed E-state index contributed by atoms with van der Waals surface area (Å²) in [4.78, 5) is 11.2. The Morgan fingerprint density at radius 3 is 1.94 bits per heavy atom. The van der Waals surface area contributed by atoms with Gasteiger partial charge in [0.05, 0.1) is 0 Å². The number of carbonyl (C=O) groups excluding carboxylic acids is 1. The van der Waals surface area contributed by atoms with Crippen LogP contribution in [0.15, 0.2) is 54.6 Å². The van der Waals surface area contributed by atoms with E-state index in [2.05, 4.69) is 31.2 Å². The van der Waals surface area contributed by atoms with E-state index in [9.17, 15) is 4.79 Å². The molecule has 0 aliphatic heterocycles. The molecule has 86 valence electrons. The summed E-state index contributed by atoms with van der Waals surface area (Å²) in [5.41, 5.74) is 3.30. The number of Topliss-reactive ketones (excluding diaryl/α,β-unsaturated/α-hetero) is 1. The van der Waals surface area contributed by atoms with E-state index >= 15 is 0 Å². The zero-order chi connectivity index (χ0) is 12.3. The maximum absolute atomic E-state index is 11.2. The lowest BCUT2D eigenvalue weighted by molar-refractivity contribution is 0.101. The zero-order valence-corrected chi connectivity index (χ0v) is 10.2. The predicted octanol–water partition coefficient (Wildman–Crippen LogP) is 4.04. The first-order chi connectivity index (χ1) is 8.18. The van der Waals surface area contributed by atoms with Gasteiger partial charge in [0, 0.05) is 11.5 Å². The van der Waals surface area contributed by atoms with E-state index in [0.717, 1.165) is 5.56 Å². The molecule has 0 amide bonds. The number of rotatable bonds is 3. The van der Waals surface area contributed by atoms with Crippen LogP contribution in [0.4, 0.5) is 0 Å². The molecule has 0 aromatic heterocycles. The first-order valence-electron chi connectivity index (χ1n) is 5.84. The lowest BCUT2D eigenvalue weighted by atomic mass is 9.92. The summed E-state index contributed by atoms with van der Waals surface area (Å²) < 4.78 is 0. The van der Waals surface area contributed by atoms with Crippen LogP contribution in [0, 0.1) is 0 Å². The molecule has 1 unspecified atom stereocenters. The van der Waals surface area contributed by atoms with Gasteiger partial charge in [-0.15, -0.1) is 0 Å². The van der Waals surface area contributed by atoms with Gasteiger partial charge in [-0.2, -0.15) is 0 Å². The fourth-order valence-corrected chi connectivity index (χ4v) is 1.94. The Bertz CT molecular complexity index is 497. The van der Waals surface area contributed by atoms with Crippen LogP contribution in [0.2, 0.25) is 0 Å². The van der Waals surface area contributed by atoms with Gasteiger partial charge < -0.3 is 0 Å². The Morgan fingerprint density at radius 2 is 1.41 bits per heavy atom. The van der Waals surface area contributed by atoms with Gasteiger partial charge >= 0.3 is 0 Å². The highest BCUT2D eigenvalue weighted by Crippen LogP contribution is 2.23. The van der Waals surface area contributed by atoms with Gasteiger partial charge in [-0.25, -0.2) is 0 Å². The minimum absolute atomic E-state index is 0.115. The standard InChI is InChI=1S/C16H16O/c1-12(14-6-4-3-5-7-14)15-8-10-16(11-9-15)13(2)17/h3-12H,1-2H3. The Labute approximate surface area is 102 Å². The van der Waals surface area contributed by atoms with E-state index in [0.29, 0.717) is 5.92 Å². The normalized spacial score (nSPS) is 12.1. The van der Waals surface area contributed by atoms with Crippen molar-refractivity contribution in [1.29, 1.82) is 0 Å². The van der Waals surface area contributed by atoms with Crippen LogP contribution in [0.25, 0.3) is 0 Å². The maximum Gasteiger partial charge on any atom is 0.159 e. The van der Waals surface area contributed by atoms with E-state index in [4.69, 9.17) is 0 Å². The van der Waals surface area contributed by atoms with Crippen molar-refractivity contribution in [3.8, 4) is 0 Å². The molecule has 0 heterocycles. The van der Waals surface area contributed by atoms with E-state index in [1.54, 1.807) is 6.92 Å². The number of hydrogen-bond donors (Lipinski definition) is 0. The largest absolute Gasteiger partial charge is 0.295 e. The van der Waals surface area contributed by atoms with Crippen molar-refractivity contribution in [2.45, 2.75) is 19.8 Å². The highest BCUT2D eigenvalue weighted by atomic mass is 16.1. The van der Waals surface area contributed by atoms with E-state index in [-0.39, 0.29) is 5.78 Å².